The van der Waals surface area contributed by atoms with Gasteiger partial charge in [0.15, 0.2) is 5.16 Å². The molecule has 4 rings (SSSR count). The summed E-state index contributed by atoms with van der Waals surface area (Å²) < 4.78 is 0. The molecule has 1 fully saturated rings. The standard InChI is InChI=1S/C24H29ClN6S/c1-4-17(13-19-15(3)7-6-10-27-19)32-24-29-22-20(21(25)18(5-2)28-22)23(30-24)31-11-8-16(14-26)9-12-31/h4,6-7,10,13,16H,3,5,8-9,11-12,14,26H2,1-2H3,(H,28,29,30)/b17-4+,19-13+. The average Bonchev–Trinajstić information content (AvgIpc) is 3.15. The minimum absolute atomic E-state index is 0.574. The monoisotopic (exact) mass is 468 g/mol. The second-order valence-corrected chi connectivity index (χ2v) is 9.39. The summed E-state index contributed by atoms with van der Waals surface area (Å²) in [6, 6.07) is 3.84. The molecule has 0 amide bonds. The third-order valence-electron chi connectivity index (χ3n) is 5.92. The van der Waals surface area contributed by atoms with Crippen molar-refractivity contribution in [3.63, 3.8) is 0 Å². The number of thioether (sulfide) groups is 1. The second-order valence-electron chi connectivity index (χ2n) is 7.98. The summed E-state index contributed by atoms with van der Waals surface area (Å²) in [7, 11) is 0. The number of halogens is 1. The topological polar surface area (TPSA) is 83.7 Å². The first-order valence-corrected chi connectivity index (χ1v) is 12.2. The number of hydrogen-bond donors (Lipinski definition) is 2. The molecule has 0 radical (unpaired) electrons. The lowest BCUT2D eigenvalue weighted by molar-refractivity contribution is 0.413. The number of rotatable bonds is 6. The van der Waals surface area contributed by atoms with E-state index >= 15 is 0 Å². The Bertz CT molecular complexity index is 1240. The molecule has 32 heavy (non-hydrogen) atoms. The van der Waals surface area contributed by atoms with Gasteiger partial charge in [-0.05, 0) is 56.0 Å². The highest BCUT2D eigenvalue weighted by atomic mass is 35.5. The van der Waals surface area contributed by atoms with Crippen LogP contribution in [0.5, 0.6) is 0 Å². The molecule has 3 aromatic heterocycles. The van der Waals surface area contributed by atoms with Gasteiger partial charge in [0.05, 0.1) is 15.8 Å². The first-order chi connectivity index (χ1) is 15.5. The summed E-state index contributed by atoms with van der Waals surface area (Å²) in [5.74, 6) is 1.48. The van der Waals surface area contributed by atoms with Gasteiger partial charge in [0.2, 0.25) is 0 Å². The number of allylic oxidation sites excluding steroid dienone is 2. The summed E-state index contributed by atoms with van der Waals surface area (Å²) in [4.78, 5) is 21.0. The van der Waals surface area contributed by atoms with Gasteiger partial charge in [0.25, 0.3) is 0 Å². The van der Waals surface area contributed by atoms with Crippen LogP contribution >= 0.6 is 23.4 Å². The third-order valence-corrected chi connectivity index (χ3v) is 7.29. The number of anilines is 1. The van der Waals surface area contributed by atoms with E-state index < -0.39 is 0 Å². The van der Waals surface area contributed by atoms with Crippen LogP contribution in [0.25, 0.3) is 23.7 Å². The van der Waals surface area contributed by atoms with Crippen LogP contribution in [0.1, 0.15) is 32.4 Å². The number of aromatic nitrogens is 4. The van der Waals surface area contributed by atoms with Gasteiger partial charge >= 0.3 is 0 Å². The molecule has 0 atom stereocenters. The minimum atomic E-state index is 0.574. The smallest absolute Gasteiger partial charge is 0.196 e. The largest absolute Gasteiger partial charge is 0.356 e. The van der Waals surface area contributed by atoms with E-state index in [9.17, 15) is 0 Å². The number of H-pyrrole nitrogens is 1. The zero-order chi connectivity index (χ0) is 22.7. The number of piperidine rings is 1. The normalized spacial score (nSPS) is 16.3. The molecule has 1 aliphatic heterocycles. The van der Waals surface area contributed by atoms with Gasteiger partial charge in [0, 0.05) is 29.9 Å². The van der Waals surface area contributed by atoms with Gasteiger partial charge in [-0.15, -0.1) is 0 Å². The van der Waals surface area contributed by atoms with E-state index in [1.807, 2.05) is 31.2 Å². The molecular formula is C24H29ClN6S. The quantitative estimate of drug-likeness (QED) is 0.424. The maximum absolute atomic E-state index is 6.75. The first kappa shape index (κ1) is 22.8. The molecule has 168 valence electrons. The van der Waals surface area contributed by atoms with Gasteiger partial charge in [-0.1, -0.05) is 49.0 Å². The fourth-order valence-corrected chi connectivity index (χ4v) is 5.08. The fourth-order valence-electron chi connectivity index (χ4n) is 3.96. The predicted molar refractivity (Wildman–Crippen MR) is 135 cm³/mol. The van der Waals surface area contributed by atoms with Crippen molar-refractivity contribution in [2.24, 2.45) is 11.7 Å². The lowest BCUT2D eigenvalue weighted by atomic mass is 9.97. The summed E-state index contributed by atoms with van der Waals surface area (Å²) >= 11 is 8.27. The van der Waals surface area contributed by atoms with E-state index in [2.05, 4.69) is 28.4 Å². The molecule has 1 saturated heterocycles. The number of fused-ring (bicyclic) bond motifs is 1. The Morgan fingerprint density at radius 2 is 2.16 bits per heavy atom. The van der Waals surface area contributed by atoms with Crippen LogP contribution in [-0.4, -0.2) is 39.6 Å². The Morgan fingerprint density at radius 1 is 1.38 bits per heavy atom. The summed E-state index contributed by atoms with van der Waals surface area (Å²) in [6.45, 7) is 10.7. The molecule has 0 aromatic carbocycles. The van der Waals surface area contributed by atoms with Crippen molar-refractivity contribution in [2.45, 2.75) is 38.3 Å². The Kier molecular flexibility index (Phi) is 7.18. The van der Waals surface area contributed by atoms with Gasteiger partial charge in [-0.25, -0.2) is 9.97 Å². The molecule has 4 heterocycles. The summed E-state index contributed by atoms with van der Waals surface area (Å²) in [5.41, 5.74) is 7.67. The number of aromatic amines is 1. The van der Waals surface area contributed by atoms with E-state index in [0.29, 0.717) is 11.1 Å². The van der Waals surface area contributed by atoms with Crippen LogP contribution in [-0.2, 0) is 6.42 Å². The fraction of sp³-hybridized carbons (Fsp3) is 0.375. The van der Waals surface area contributed by atoms with Crippen LogP contribution in [0.4, 0.5) is 5.82 Å². The van der Waals surface area contributed by atoms with Crippen LogP contribution in [0.3, 0.4) is 0 Å². The molecule has 0 bridgehead atoms. The van der Waals surface area contributed by atoms with E-state index in [4.69, 9.17) is 27.3 Å². The van der Waals surface area contributed by atoms with E-state index in [-0.39, 0.29) is 0 Å². The van der Waals surface area contributed by atoms with E-state index in [1.54, 1.807) is 6.20 Å². The van der Waals surface area contributed by atoms with Crippen molar-refractivity contribution in [1.82, 2.24) is 19.9 Å². The number of pyridine rings is 1. The van der Waals surface area contributed by atoms with E-state index in [0.717, 1.165) is 81.9 Å². The highest BCUT2D eigenvalue weighted by molar-refractivity contribution is 8.03. The molecule has 0 aliphatic carbocycles. The first-order valence-electron chi connectivity index (χ1n) is 11.0. The molecule has 0 unspecified atom stereocenters. The molecule has 8 heteroatoms. The van der Waals surface area contributed by atoms with Crippen LogP contribution < -0.4 is 21.2 Å². The number of aryl methyl sites for hydroxylation is 1. The Morgan fingerprint density at radius 3 is 2.81 bits per heavy atom. The maximum atomic E-state index is 6.75. The van der Waals surface area contributed by atoms with Crippen molar-refractivity contribution in [3.05, 3.63) is 50.6 Å². The van der Waals surface area contributed by atoms with E-state index in [1.165, 1.54) is 11.8 Å². The average molecular weight is 469 g/mol. The Hall–Kier alpha value is -2.35. The molecule has 3 N–H and O–H groups in total. The molecule has 0 spiro atoms. The molecular weight excluding hydrogens is 440 g/mol. The third kappa shape index (κ3) is 4.70. The number of nitrogens with one attached hydrogen (secondary N) is 1. The van der Waals surface area contributed by atoms with Crippen LogP contribution in [0, 0.1) is 5.92 Å². The Labute approximate surface area is 197 Å². The highest BCUT2D eigenvalue weighted by Crippen LogP contribution is 2.37. The summed E-state index contributed by atoms with van der Waals surface area (Å²) in [6.07, 6.45) is 8.77. The van der Waals surface area contributed by atoms with Gasteiger partial charge < -0.3 is 15.6 Å². The minimum Gasteiger partial charge on any atom is -0.356 e. The van der Waals surface area contributed by atoms with Crippen LogP contribution in [0.15, 0.2) is 34.5 Å². The van der Waals surface area contributed by atoms with Crippen molar-refractivity contribution in [1.29, 1.82) is 0 Å². The highest BCUT2D eigenvalue weighted by Gasteiger charge is 2.25. The van der Waals surface area contributed by atoms with Crippen molar-refractivity contribution >= 4 is 52.9 Å². The SMILES string of the molecule is C=c1cccn/c1=C/C(=C\C)Sc1nc(N2CCC(CN)CC2)c2c(Cl)c(CC)[nH]c2n1. The van der Waals surface area contributed by atoms with Crippen LogP contribution in [0.2, 0.25) is 5.02 Å². The zero-order valence-electron chi connectivity index (χ0n) is 18.6. The van der Waals surface area contributed by atoms with Gasteiger partial charge in [-0.3, -0.25) is 4.98 Å². The number of nitrogens with zero attached hydrogens (tertiary/aromatic N) is 4. The molecule has 0 saturated carbocycles. The van der Waals surface area contributed by atoms with Gasteiger partial charge in [-0.2, -0.15) is 0 Å². The predicted octanol–water partition coefficient (Wildman–Crippen LogP) is 3.63. The lowest BCUT2D eigenvalue weighted by Crippen LogP contribution is -2.36. The van der Waals surface area contributed by atoms with Crippen molar-refractivity contribution < 1.29 is 0 Å². The maximum Gasteiger partial charge on any atom is 0.196 e. The molecule has 1 aliphatic rings. The summed E-state index contributed by atoms with van der Waals surface area (Å²) in [5, 5.41) is 4.04. The molecule has 3 aromatic rings. The van der Waals surface area contributed by atoms with Gasteiger partial charge in [0.1, 0.15) is 11.5 Å². The van der Waals surface area contributed by atoms with Crippen molar-refractivity contribution in [3.8, 4) is 0 Å². The lowest BCUT2D eigenvalue weighted by Gasteiger charge is -2.32. The zero-order valence-corrected chi connectivity index (χ0v) is 20.1. The molecule has 6 nitrogen and oxygen atoms in total. The Balaban J connectivity index is 1.75. The van der Waals surface area contributed by atoms with Crippen molar-refractivity contribution in [2.75, 3.05) is 24.5 Å². The number of nitrogens with two attached hydrogens (primary N) is 1. The second kappa shape index (κ2) is 10.1. The number of hydrogen-bond acceptors (Lipinski definition) is 6.